The second-order valence-electron chi connectivity index (χ2n) is 9.19. The maximum atomic E-state index is 14.0. The van der Waals surface area contributed by atoms with Gasteiger partial charge in [-0.05, 0) is 48.2 Å². The Morgan fingerprint density at radius 2 is 1.66 bits per heavy atom. The summed E-state index contributed by atoms with van der Waals surface area (Å²) in [5.41, 5.74) is 2.66. The lowest BCUT2D eigenvalue weighted by atomic mass is 10.0. The van der Waals surface area contributed by atoms with Crippen molar-refractivity contribution in [3.8, 4) is 0 Å². The van der Waals surface area contributed by atoms with E-state index in [1.807, 2.05) is 68.4 Å². The van der Waals surface area contributed by atoms with Gasteiger partial charge in [-0.3, -0.25) is 13.9 Å². The normalized spacial score (nSPS) is 12.0. The molecule has 1 N–H and O–H groups in total. The average Bonchev–Trinajstić information content (AvgIpc) is 2.88. The molecular weight excluding hydrogens is 505 g/mol. The van der Waals surface area contributed by atoms with Crippen LogP contribution in [0.2, 0.25) is 0 Å². The van der Waals surface area contributed by atoms with Crippen LogP contribution in [0.15, 0.2) is 78.9 Å². The SMILES string of the molecule is CCCNC(=O)[C@@H](Cc1ccccc1)N(Cc1ccccc1C)C(=O)CN(c1cccc(F)c1)S(C)(=O)=O. The van der Waals surface area contributed by atoms with E-state index in [4.69, 9.17) is 0 Å². The Kier molecular flexibility index (Phi) is 10.0. The number of nitrogens with one attached hydrogen (secondary N) is 1. The first-order chi connectivity index (χ1) is 18.1. The minimum atomic E-state index is -3.94. The van der Waals surface area contributed by atoms with Gasteiger partial charge in [0.25, 0.3) is 0 Å². The number of sulfonamides is 1. The van der Waals surface area contributed by atoms with Crippen molar-refractivity contribution in [3.63, 3.8) is 0 Å². The molecule has 7 nitrogen and oxygen atoms in total. The van der Waals surface area contributed by atoms with E-state index in [0.29, 0.717) is 6.54 Å². The molecular formula is C29H34FN3O4S. The lowest BCUT2D eigenvalue weighted by Gasteiger charge is -2.33. The minimum absolute atomic E-state index is 0.0340. The van der Waals surface area contributed by atoms with Crippen molar-refractivity contribution >= 4 is 27.5 Å². The van der Waals surface area contributed by atoms with Gasteiger partial charge in [0.2, 0.25) is 21.8 Å². The summed E-state index contributed by atoms with van der Waals surface area (Å²) in [6, 6.07) is 21.1. The number of amides is 2. The monoisotopic (exact) mass is 539 g/mol. The number of halogens is 1. The number of anilines is 1. The van der Waals surface area contributed by atoms with Crippen molar-refractivity contribution in [1.82, 2.24) is 10.2 Å². The molecule has 9 heteroatoms. The van der Waals surface area contributed by atoms with E-state index >= 15 is 0 Å². The van der Waals surface area contributed by atoms with Crippen molar-refractivity contribution < 1.29 is 22.4 Å². The summed E-state index contributed by atoms with van der Waals surface area (Å²) in [5.74, 6) is -1.52. The molecule has 1 atom stereocenters. The fourth-order valence-corrected chi connectivity index (χ4v) is 4.98. The van der Waals surface area contributed by atoms with E-state index in [1.54, 1.807) is 0 Å². The van der Waals surface area contributed by atoms with E-state index in [1.165, 1.54) is 23.1 Å². The van der Waals surface area contributed by atoms with Gasteiger partial charge in [-0.1, -0.05) is 67.6 Å². The number of hydrogen-bond acceptors (Lipinski definition) is 4. The van der Waals surface area contributed by atoms with Crippen molar-refractivity contribution in [3.05, 3.63) is 101 Å². The van der Waals surface area contributed by atoms with Gasteiger partial charge in [-0.15, -0.1) is 0 Å². The third kappa shape index (κ3) is 7.89. The zero-order valence-electron chi connectivity index (χ0n) is 21.9. The molecule has 0 aliphatic rings. The number of carbonyl (C=O) groups is 2. The number of hydrogen-bond donors (Lipinski definition) is 1. The molecule has 0 fully saturated rings. The summed E-state index contributed by atoms with van der Waals surface area (Å²) in [6.07, 6.45) is 1.93. The Morgan fingerprint density at radius 1 is 0.974 bits per heavy atom. The lowest BCUT2D eigenvalue weighted by molar-refractivity contribution is -0.140. The van der Waals surface area contributed by atoms with Crippen molar-refractivity contribution in [2.75, 3.05) is 23.7 Å². The second-order valence-corrected chi connectivity index (χ2v) is 11.1. The third-order valence-corrected chi connectivity index (χ3v) is 7.34. The van der Waals surface area contributed by atoms with Crippen LogP contribution in [0, 0.1) is 12.7 Å². The molecule has 0 spiro atoms. The molecule has 2 amide bonds. The first-order valence-corrected chi connectivity index (χ1v) is 14.3. The largest absolute Gasteiger partial charge is 0.354 e. The first-order valence-electron chi connectivity index (χ1n) is 12.5. The Labute approximate surface area is 224 Å². The van der Waals surface area contributed by atoms with Gasteiger partial charge in [0.1, 0.15) is 18.4 Å². The van der Waals surface area contributed by atoms with Crippen LogP contribution in [-0.2, 0) is 32.6 Å². The summed E-state index contributed by atoms with van der Waals surface area (Å²) < 4.78 is 40.2. The molecule has 0 saturated heterocycles. The molecule has 38 heavy (non-hydrogen) atoms. The summed E-state index contributed by atoms with van der Waals surface area (Å²) in [7, 11) is -3.94. The second kappa shape index (κ2) is 13.2. The molecule has 0 radical (unpaired) electrons. The molecule has 0 aromatic heterocycles. The van der Waals surface area contributed by atoms with Crippen LogP contribution in [0.3, 0.4) is 0 Å². The van der Waals surface area contributed by atoms with Crippen molar-refractivity contribution in [2.45, 2.75) is 39.3 Å². The molecule has 202 valence electrons. The Morgan fingerprint density at radius 3 is 2.29 bits per heavy atom. The van der Waals surface area contributed by atoms with Gasteiger partial charge in [0.15, 0.2) is 0 Å². The maximum Gasteiger partial charge on any atom is 0.244 e. The van der Waals surface area contributed by atoms with Gasteiger partial charge in [0, 0.05) is 19.5 Å². The average molecular weight is 540 g/mol. The Hall–Kier alpha value is -3.72. The molecule has 3 aromatic carbocycles. The quantitative estimate of drug-likeness (QED) is 0.376. The summed E-state index contributed by atoms with van der Waals surface area (Å²) in [4.78, 5) is 28.8. The summed E-state index contributed by atoms with van der Waals surface area (Å²) in [6.45, 7) is 3.81. The fourth-order valence-electron chi connectivity index (χ4n) is 4.14. The summed E-state index contributed by atoms with van der Waals surface area (Å²) >= 11 is 0. The highest BCUT2D eigenvalue weighted by molar-refractivity contribution is 7.92. The van der Waals surface area contributed by atoms with E-state index in [0.717, 1.165) is 39.7 Å². The molecule has 0 heterocycles. The topological polar surface area (TPSA) is 86.8 Å². The van der Waals surface area contributed by atoms with Crippen molar-refractivity contribution in [1.29, 1.82) is 0 Å². The van der Waals surface area contributed by atoms with Crippen LogP contribution in [0.25, 0.3) is 0 Å². The zero-order chi connectivity index (χ0) is 27.7. The van der Waals surface area contributed by atoms with Gasteiger partial charge in [0.05, 0.1) is 11.9 Å². The standard InChI is InChI=1S/C29H34FN3O4S/c1-4-17-31-29(35)27(18-23-12-6-5-7-13-23)32(20-24-14-9-8-11-22(24)2)28(34)21-33(38(3,36)37)26-16-10-15-25(30)19-26/h5-16,19,27H,4,17-18,20-21H2,1-3H3,(H,31,35)/t27-/m1/s1. The number of rotatable bonds is 12. The number of aryl methyl sites for hydroxylation is 1. The maximum absolute atomic E-state index is 14.0. The highest BCUT2D eigenvalue weighted by atomic mass is 32.2. The lowest BCUT2D eigenvalue weighted by Crippen LogP contribution is -2.53. The fraction of sp³-hybridized carbons (Fsp3) is 0.310. The molecule has 0 aliphatic heterocycles. The molecule has 0 aliphatic carbocycles. The highest BCUT2D eigenvalue weighted by Gasteiger charge is 2.33. The van der Waals surface area contributed by atoms with E-state index < -0.39 is 34.3 Å². The number of nitrogens with zero attached hydrogens (tertiary/aromatic N) is 2. The number of benzene rings is 3. The molecule has 0 saturated carbocycles. The van der Waals surface area contributed by atoms with Gasteiger partial charge >= 0.3 is 0 Å². The minimum Gasteiger partial charge on any atom is -0.354 e. The zero-order valence-corrected chi connectivity index (χ0v) is 22.7. The smallest absolute Gasteiger partial charge is 0.244 e. The first kappa shape index (κ1) is 28.8. The van der Waals surface area contributed by atoms with Crippen LogP contribution >= 0.6 is 0 Å². The van der Waals surface area contributed by atoms with Crippen LogP contribution in [0.1, 0.15) is 30.0 Å². The van der Waals surface area contributed by atoms with Crippen LogP contribution in [0.5, 0.6) is 0 Å². The van der Waals surface area contributed by atoms with E-state index in [9.17, 15) is 22.4 Å². The predicted octanol–water partition coefficient (Wildman–Crippen LogP) is 4.07. The van der Waals surface area contributed by atoms with Crippen molar-refractivity contribution in [2.24, 2.45) is 0 Å². The summed E-state index contributed by atoms with van der Waals surface area (Å²) in [5, 5.41) is 2.90. The third-order valence-electron chi connectivity index (χ3n) is 6.20. The van der Waals surface area contributed by atoms with Gasteiger partial charge in [-0.25, -0.2) is 12.8 Å². The molecule has 0 bridgehead atoms. The number of carbonyl (C=O) groups excluding carboxylic acids is 2. The molecule has 0 unspecified atom stereocenters. The Bertz CT molecular complexity index is 1350. The van der Waals surface area contributed by atoms with Gasteiger partial charge in [-0.2, -0.15) is 0 Å². The predicted molar refractivity (Wildman–Crippen MR) is 148 cm³/mol. The molecule has 3 rings (SSSR count). The van der Waals surface area contributed by atoms with Crippen LogP contribution < -0.4 is 9.62 Å². The van der Waals surface area contributed by atoms with Crippen LogP contribution in [-0.4, -0.2) is 50.5 Å². The Balaban J connectivity index is 2.05. The van der Waals surface area contributed by atoms with E-state index in [2.05, 4.69) is 5.32 Å². The molecule has 3 aromatic rings. The van der Waals surface area contributed by atoms with Gasteiger partial charge < -0.3 is 10.2 Å². The van der Waals surface area contributed by atoms with Crippen LogP contribution in [0.4, 0.5) is 10.1 Å². The highest BCUT2D eigenvalue weighted by Crippen LogP contribution is 2.22. The van der Waals surface area contributed by atoms with E-state index in [-0.39, 0.29) is 24.6 Å².